The lowest BCUT2D eigenvalue weighted by Gasteiger charge is -2.27. The van der Waals surface area contributed by atoms with E-state index in [1.165, 1.54) is 66.1 Å². The standard InChI is InChI=1S/C62H42N2O/c1-4-13-45(14-5-1)59-40-51(57-22-12-18-44-15-10-11-21-56(44)57)27-28-52(59)41-64(54-19-8-3-9-20-54)55-33-29-42(30-34-55)47-25-23-43-24-26-48(39-53(43)38-47)49-31-35-58-50(37-49)32-36-60-61(58)65-62(63-60)46-16-6-2-7-17-46/h1-40H,41H2. The first-order chi connectivity index (χ1) is 32.2. The summed E-state index contributed by atoms with van der Waals surface area (Å²) < 4.78 is 6.33. The third-order valence-corrected chi connectivity index (χ3v) is 12.8. The number of nitrogens with zero attached hydrogens (tertiary/aromatic N) is 2. The summed E-state index contributed by atoms with van der Waals surface area (Å²) in [6, 6.07) is 87.2. The van der Waals surface area contributed by atoms with E-state index in [1.54, 1.807) is 0 Å². The molecule has 0 amide bonds. The summed E-state index contributed by atoms with van der Waals surface area (Å²) in [5.41, 5.74) is 15.8. The number of benzene rings is 11. The predicted octanol–water partition coefficient (Wildman–Crippen LogP) is 17.0. The van der Waals surface area contributed by atoms with E-state index >= 15 is 0 Å². The van der Waals surface area contributed by atoms with Crippen molar-refractivity contribution in [2.24, 2.45) is 0 Å². The first-order valence-corrected chi connectivity index (χ1v) is 22.2. The van der Waals surface area contributed by atoms with Crippen LogP contribution in [-0.4, -0.2) is 4.98 Å². The van der Waals surface area contributed by atoms with Crippen LogP contribution < -0.4 is 4.90 Å². The van der Waals surface area contributed by atoms with Gasteiger partial charge in [0.25, 0.3) is 0 Å². The zero-order chi connectivity index (χ0) is 43.1. The van der Waals surface area contributed by atoms with Gasteiger partial charge < -0.3 is 9.32 Å². The average Bonchev–Trinajstić information content (AvgIpc) is 3.84. The normalized spacial score (nSPS) is 11.4. The highest BCUT2D eigenvalue weighted by molar-refractivity contribution is 6.05. The Labute approximate surface area is 378 Å². The van der Waals surface area contributed by atoms with Crippen LogP contribution in [0, 0.1) is 0 Å². The lowest BCUT2D eigenvalue weighted by atomic mass is 9.92. The van der Waals surface area contributed by atoms with Gasteiger partial charge in [-0.05, 0) is 150 Å². The van der Waals surface area contributed by atoms with E-state index < -0.39 is 0 Å². The van der Waals surface area contributed by atoms with Crippen molar-refractivity contribution >= 4 is 54.8 Å². The van der Waals surface area contributed by atoms with E-state index in [2.05, 4.69) is 217 Å². The van der Waals surface area contributed by atoms with Crippen LogP contribution in [-0.2, 0) is 6.54 Å². The second kappa shape index (κ2) is 16.3. The summed E-state index contributed by atoms with van der Waals surface area (Å²) in [6.45, 7) is 0.703. The SMILES string of the molecule is c1ccc(-c2nc3ccc4cc(-c5ccc6ccc(-c7ccc(N(Cc8ccc(-c9cccc%10ccccc9%10)cc8-c8ccccc8)c8ccccc8)cc7)cc6c5)ccc4c3o2)cc1. The van der Waals surface area contributed by atoms with Gasteiger partial charge in [-0.2, -0.15) is 0 Å². The number of hydrogen-bond donors (Lipinski definition) is 0. The van der Waals surface area contributed by atoms with Gasteiger partial charge >= 0.3 is 0 Å². The molecule has 0 fully saturated rings. The maximum Gasteiger partial charge on any atom is 0.227 e. The van der Waals surface area contributed by atoms with Crippen LogP contribution in [0.25, 0.3) is 99.4 Å². The van der Waals surface area contributed by atoms with Crippen molar-refractivity contribution < 1.29 is 4.42 Å². The van der Waals surface area contributed by atoms with Crippen molar-refractivity contribution in [1.82, 2.24) is 4.98 Å². The van der Waals surface area contributed by atoms with Gasteiger partial charge in [0, 0.05) is 28.9 Å². The first-order valence-electron chi connectivity index (χ1n) is 22.2. The highest BCUT2D eigenvalue weighted by Gasteiger charge is 2.17. The number of oxazole rings is 1. The third kappa shape index (κ3) is 7.29. The van der Waals surface area contributed by atoms with Crippen LogP contribution in [0.4, 0.5) is 11.4 Å². The molecule has 306 valence electrons. The van der Waals surface area contributed by atoms with Gasteiger partial charge in [0.15, 0.2) is 5.58 Å². The first kappa shape index (κ1) is 38.2. The largest absolute Gasteiger partial charge is 0.435 e. The summed E-state index contributed by atoms with van der Waals surface area (Å²) in [5, 5.41) is 7.11. The summed E-state index contributed by atoms with van der Waals surface area (Å²) in [6.07, 6.45) is 0. The molecule has 3 nitrogen and oxygen atoms in total. The molecule has 0 aliphatic heterocycles. The maximum atomic E-state index is 6.33. The minimum atomic E-state index is 0.641. The zero-order valence-electron chi connectivity index (χ0n) is 35.6. The quantitative estimate of drug-likeness (QED) is 0.145. The molecular weight excluding hydrogens is 789 g/mol. The fourth-order valence-corrected chi connectivity index (χ4v) is 9.39. The number of aromatic nitrogens is 1. The summed E-state index contributed by atoms with van der Waals surface area (Å²) in [7, 11) is 0. The third-order valence-electron chi connectivity index (χ3n) is 12.8. The number of rotatable bonds is 9. The molecular formula is C62H42N2O. The van der Waals surface area contributed by atoms with E-state index in [1.807, 2.05) is 30.3 Å². The van der Waals surface area contributed by atoms with Crippen LogP contribution >= 0.6 is 0 Å². The Morgan fingerprint density at radius 1 is 0.338 bits per heavy atom. The molecule has 0 radical (unpaired) electrons. The van der Waals surface area contributed by atoms with Gasteiger partial charge in [-0.25, -0.2) is 4.98 Å². The van der Waals surface area contributed by atoms with Gasteiger partial charge in [0.05, 0.1) is 0 Å². The Bertz CT molecular complexity index is 3670. The molecule has 0 aliphatic rings. The number of anilines is 2. The van der Waals surface area contributed by atoms with Gasteiger partial charge in [0.1, 0.15) is 5.52 Å². The molecule has 1 heterocycles. The molecule has 65 heavy (non-hydrogen) atoms. The van der Waals surface area contributed by atoms with E-state index in [4.69, 9.17) is 9.40 Å². The van der Waals surface area contributed by atoms with E-state index in [-0.39, 0.29) is 0 Å². The van der Waals surface area contributed by atoms with E-state index in [9.17, 15) is 0 Å². The molecule has 0 bridgehead atoms. The van der Waals surface area contributed by atoms with Crippen molar-refractivity contribution in [2.45, 2.75) is 6.54 Å². The Morgan fingerprint density at radius 3 is 1.69 bits per heavy atom. The van der Waals surface area contributed by atoms with Crippen LogP contribution in [0.15, 0.2) is 247 Å². The summed E-state index contributed by atoms with van der Waals surface area (Å²) in [5.74, 6) is 0.641. The van der Waals surface area contributed by atoms with E-state index in [0.717, 1.165) is 44.4 Å². The van der Waals surface area contributed by atoms with Crippen LogP contribution in [0.1, 0.15) is 5.56 Å². The molecule has 0 atom stereocenters. The predicted molar refractivity (Wildman–Crippen MR) is 272 cm³/mol. The van der Waals surface area contributed by atoms with Gasteiger partial charge in [-0.1, -0.05) is 170 Å². The van der Waals surface area contributed by atoms with Crippen LogP contribution in [0.2, 0.25) is 0 Å². The molecule has 0 unspecified atom stereocenters. The molecule has 0 aliphatic carbocycles. The van der Waals surface area contributed by atoms with Crippen LogP contribution in [0.3, 0.4) is 0 Å². The van der Waals surface area contributed by atoms with Gasteiger partial charge in [-0.15, -0.1) is 0 Å². The molecule has 12 rings (SSSR count). The highest BCUT2D eigenvalue weighted by atomic mass is 16.3. The molecule has 0 saturated carbocycles. The number of fused-ring (bicyclic) bond motifs is 5. The Morgan fingerprint density at radius 2 is 0.923 bits per heavy atom. The van der Waals surface area contributed by atoms with Gasteiger partial charge in [0.2, 0.25) is 5.89 Å². The van der Waals surface area contributed by atoms with Crippen molar-refractivity contribution in [3.05, 3.63) is 248 Å². The Balaban J connectivity index is 0.860. The molecule has 0 N–H and O–H groups in total. The van der Waals surface area contributed by atoms with Crippen LogP contribution in [0.5, 0.6) is 0 Å². The summed E-state index contributed by atoms with van der Waals surface area (Å²) in [4.78, 5) is 7.21. The molecule has 12 aromatic rings. The highest BCUT2D eigenvalue weighted by Crippen LogP contribution is 2.38. The molecule has 3 heteroatoms. The Kier molecular flexibility index (Phi) is 9.57. The molecule has 0 spiro atoms. The summed E-state index contributed by atoms with van der Waals surface area (Å²) >= 11 is 0. The fraction of sp³-hybridized carbons (Fsp3) is 0.0161. The lowest BCUT2D eigenvalue weighted by molar-refractivity contribution is 0.623. The fourth-order valence-electron chi connectivity index (χ4n) is 9.39. The minimum Gasteiger partial charge on any atom is -0.435 e. The monoisotopic (exact) mass is 830 g/mol. The minimum absolute atomic E-state index is 0.641. The number of para-hydroxylation sites is 1. The topological polar surface area (TPSA) is 29.3 Å². The van der Waals surface area contributed by atoms with E-state index in [0.29, 0.717) is 12.4 Å². The second-order valence-corrected chi connectivity index (χ2v) is 16.7. The number of hydrogen-bond acceptors (Lipinski definition) is 3. The van der Waals surface area contributed by atoms with Crippen molar-refractivity contribution in [1.29, 1.82) is 0 Å². The second-order valence-electron chi connectivity index (χ2n) is 16.7. The molecule has 11 aromatic carbocycles. The zero-order valence-corrected chi connectivity index (χ0v) is 35.6. The van der Waals surface area contributed by atoms with Crippen molar-refractivity contribution in [3.8, 4) is 56.0 Å². The molecule has 0 saturated heterocycles. The molecule has 1 aromatic heterocycles. The van der Waals surface area contributed by atoms with Crippen molar-refractivity contribution in [3.63, 3.8) is 0 Å². The Hall–Kier alpha value is -8.53. The van der Waals surface area contributed by atoms with Crippen molar-refractivity contribution in [2.75, 3.05) is 4.90 Å². The average molecular weight is 831 g/mol. The smallest absolute Gasteiger partial charge is 0.227 e. The van der Waals surface area contributed by atoms with Gasteiger partial charge in [-0.3, -0.25) is 0 Å². The lowest BCUT2D eigenvalue weighted by Crippen LogP contribution is -2.17. The maximum absolute atomic E-state index is 6.33.